The van der Waals surface area contributed by atoms with E-state index in [1.807, 2.05) is 13.0 Å². The highest BCUT2D eigenvalue weighted by Crippen LogP contribution is 2.16. The topological polar surface area (TPSA) is 50.7 Å². The Hall–Kier alpha value is -1.71. The van der Waals surface area contributed by atoms with E-state index in [4.69, 9.17) is 0 Å². The standard InChI is InChI=1S/C9H10N4/c1-2-11-9-7-5-10-4-3-8(7)12-6-13-9/h3-6H,2H2,1H3,(H,11,12,13). The Kier molecular flexibility index (Phi) is 2.04. The molecule has 0 saturated carbocycles. The fraction of sp³-hybridized carbons (Fsp3) is 0.222. The summed E-state index contributed by atoms with van der Waals surface area (Å²) in [5.41, 5.74) is 0.918. The molecule has 4 nitrogen and oxygen atoms in total. The van der Waals surface area contributed by atoms with Gasteiger partial charge in [-0.05, 0) is 13.0 Å². The first-order valence-electron chi connectivity index (χ1n) is 4.20. The fourth-order valence-electron chi connectivity index (χ4n) is 1.21. The molecule has 2 heterocycles. The summed E-state index contributed by atoms with van der Waals surface area (Å²) in [7, 11) is 0. The van der Waals surface area contributed by atoms with E-state index in [1.165, 1.54) is 0 Å². The van der Waals surface area contributed by atoms with Gasteiger partial charge in [0.05, 0.1) is 10.9 Å². The first-order chi connectivity index (χ1) is 6.42. The number of nitrogens with one attached hydrogen (secondary N) is 1. The summed E-state index contributed by atoms with van der Waals surface area (Å²) in [6.07, 6.45) is 5.05. The summed E-state index contributed by atoms with van der Waals surface area (Å²) in [5.74, 6) is 0.848. The van der Waals surface area contributed by atoms with Crippen molar-refractivity contribution >= 4 is 16.7 Å². The highest BCUT2D eigenvalue weighted by atomic mass is 15.0. The van der Waals surface area contributed by atoms with E-state index in [0.29, 0.717) is 0 Å². The van der Waals surface area contributed by atoms with E-state index in [2.05, 4.69) is 20.3 Å². The number of fused-ring (bicyclic) bond motifs is 1. The molecule has 0 fully saturated rings. The Morgan fingerprint density at radius 2 is 2.31 bits per heavy atom. The third-order valence-corrected chi connectivity index (χ3v) is 1.78. The van der Waals surface area contributed by atoms with Crippen LogP contribution in [0.4, 0.5) is 5.82 Å². The number of rotatable bonds is 2. The van der Waals surface area contributed by atoms with E-state index >= 15 is 0 Å². The molecule has 2 aromatic heterocycles. The first kappa shape index (κ1) is 7.91. The van der Waals surface area contributed by atoms with Crippen molar-refractivity contribution in [1.29, 1.82) is 0 Å². The monoisotopic (exact) mass is 174 g/mol. The van der Waals surface area contributed by atoms with Gasteiger partial charge in [-0.1, -0.05) is 0 Å². The van der Waals surface area contributed by atoms with Crippen LogP contribution in [0.15, 0.2) is 24.8 Å². The van der Waals surface area contributed by atoms with Crippen molar-refractivity contribution in [2.24, 2.45) is 0 Å². The minimum absolute atomic E-state index is 0.848. The van der Waals surface area contributed by atoms with Crippen molar-refractivity contribution in [3.63, 3.8) is 0 Å². The van der Waals surface area contributed by atoms with Gasteiger partial charge in [-0.2, -0.15) is 0 Å². The second-order valence-corrected chi connectivity index (χ2v) is 2.65. The van der Waals surface area contributed by atoms with Gasteiger partial charge >= 0.3 is 0 Å². The van der Waals surface area contributed by atoms with Crippen molar-refractivity contribution in [2.45, 2.75) is 6.92 Å². The SMILES string of the molecule is CCNc1ncnc2ccncc12. The summed E-state index contributed by atoms with van der Waals surface area (Å²) < 4.78 is 0. The van der Waals surface area contributed by atoms with Crippen LogP contribution in [0.3, 0.4) is 0 Å². The zero-order chi connectivity index (χ0) is 9.10. The first-order valence-corrected chi connectivity index (χ1v) is 4.20. The Bertz CT molecular complexity index is 408. The molecule has 0 aromatic carbocycles. The van der Waals surface area contributed by atoms with E-state index in [9.17, 15) is 0 Å². The minimum Gasteiger partial charge on any atom is -0.370 e. The average Bonchev–Trinajstić information content (AvgIpc) is 2.19. The quantitative estimate of drug-likeness (QED) is 0.748. The highest BCUT2D eigenvalue weighted by molar-refractivity contribution is 5.87. The molecular weight excluding hydrogens is 164 g/mol. The van der Waals surface area contributed by atoms with Crippen LogP contribution in [0, 0.1) is 0 Å². The Labute approximate surface area is 76.1 Å². The van der Waals surface area contributed by atoms with Crippen LogP contribution in [0.5, 0.6) is 0 Å². The number of pyridine rings is 1. The Morgan fingerprint density at radius 1 is 1.38 bits per heavy atom. The summed E-state index contributed by atoms with van der Waals surface area (Å²) in [6, 6.07) is 1.87. The van der Waals surface area contributed by atoms with Crippen molar-refractivity contribution in [1.82, 2.24) is 15.0 Å². The predicted molar refractivity (Wildman–Crippen MR) is 51.5 cm³/mol. The van der Waals surface area contributed by atoms with Gasteiger partial charge in [-0.25, -0.2) is 9.97 Å². The summed E-state index contributed by atoms with van der Waals surface area (Å²) in [5, 5.41) is 4.12. The van der Waals surface area contributed by atoms with Crippen LogP contribution in [-0.4, -0.2) is 21.5 Å². The molecule has 0 bridgehead atoms. The third-order valence-electron chi connectivity index (χ3n) is 1.78. The number of anilines is 1. The maximum absolute atomic E-state index is 4.13. The summed E-state index contributed by atoms with van der Waals surface area (Å²) in [4.78, 5) is 12.3. The average molecular weight is 174 g/mol. The largest absolute Gasteiger partial charge is 0.370 e. The van der Waals surface area contributed by atoms with Gasteiger partial charge < -0.3 is 5.32 Å². The molecule has 0 atom stereocenters. The van der Waals surface area contributed by atoms with Crippen LogP contribution in [0.25, 0.3) is 10.9 Å². The molecule has 2 rings (SSSR count). The lowest BCUT2D eigenvalue weighted by Gasteiger charge is -2.04. The molecule has 13 heavy (non-hydrogen) atoms. The molecule has 0 unspecified atom stereocenters. The maximum atomic E-state index is 4.13. The number of hydrogen-bond donors (Lipinski definition) is 1. The van der Waals surface area contributed by atoms with Crippen LogP contribution >= 0.6 is 0 Å². The number of nitrogens with zero attached hydrogens (tertiary/aromatic N) is 3. The van der Waals surface area contributed by atoms with Gasteiger partial charge in [0.2, 0.25) is 0 Å². The van der Waals surface area contributed by atoms with E-state index < -0.39 is 0 Å². The Balaban J connectivity index is 2.61. The van der Waals surface area contributed by atoms with Crippen molar-refractivity contribution in [2.75, 3.05) is 11.9 Å². The minimum atomic E-state index is 0.848. The molecular formula is C9H10N4. The number of hydrogen-bond acceptors (Lipinski definition) is 4. The van der Waals surface area contributed by atoms with Crippen molar-refractivity contribution < 1.29 is 0 Å². The summed E-state index contributed by atoms with van der Waals surface area (Å²) in [6.45, 7) is 2.88. The second kappa shape index (κ2) is 3.35. The molecule has 0 saturated heterocycles. The third kappa shape index (κ3) is 1.42. The fourth-order valence-corrected chi connectivity index (χ4v) is 1.21. The van der Waals surface area contributed by atoms with Gasteiger partial charge in [0.25, 0.3) is 0 Å². The van der Waals surface area contributed by atoms with Crippen LogP contribution < -0.4 is 5.32 Å². The predicted octanol–water partition coefficient (Wildman–Crippen LogP) is 1.46. The molecule has 66 valence electrons. The van der Waals surface area contributed by atoms with E-state index in [-0.39, 0.29) is 0 Å². The van der Waals surface area contributed by atoms with E-state index in [0.717, 1.165) is 23.3 Å². The van der Waals surface area contributed by atoms with Gasteiger partial charge in [-0.15, -0.1) is 0 Å². The second-order valence-electron chi connectivity index (χ2n) is 2.65. The molecule has 0 aliphatic heterocycles. The molecule has 0 spiro atoms. The van der Waals surface area contributed by atoms with E-state index in [1.54, 1.807) is 18.7 Å². The molecule has 0 radical (unpaired) electrons. The molecule has 2 aromatic rings. The molecule has 0 aliphatic carbocycles. The molecule has 0 aliphatic rings. The zero-order valence-electron chi connectivity index (χ0n) is 7.36. The lowest BCUT2D eigenvalue weighted by Crippen LogP contribution is -2.00. The lowest BCUT2D eigenvalue weighted by molar-refractivity contribution is 1.14. The van der Waals surface area contributed by atoms with Gasteiger partial charge in [0, 0.05) is 18.9 Å². The molecule has 4 heteroatoms. The van der Waals surface area contributed by atoms with Gasteiger partial charge in [0.1, 0.15) is 12.1 Å². The highest BCUT2D eigenvalue weighted by Gasteiger charge is 2.00. The Morgan fingerprint density at radius 3 is 3.15 bits per heavy atom. The van der Waals surface area contributed by atoms with Crippen LogP contribution in [-0.2, 0) is 0 Å². The molecule has 0 amide bonds. The van der Waals surface area contributed by atoms with Crippen LogP contribution in [0.2, 0.25) is 0 Å². The van der Waals surface area contributed by atoms with Gasteiger partial charge in [0.15, 0.2) is 0 Å². The lowest BCUT2D eigenvalue weighted by atomic mass is 10.3. The number of aromatic nitrogens is 3. The normalized spacial score (nSPS) is 10.2. The van der Waals surface area contributed by atoms with Gasteiger partial charge in [-0.3, -0.25) is 4.98 Å². The molecule has 1 N–H and O–H groups in total. The maximum Gasteiger partial charge on any atom is 0.138 e. The van der Waals surface area contributed by atoms with Crippen molar-refractivity contribution in [3.8, 4) is 0 Å². The smallest absolute Gasteiger partial charge is 0.138 e. The zero-order valence-corrected chi connectivity index (χ0v) is 7.36. The van der Waals surface area contributed by atoms with Crippen molar-refractivity contribution in [3.05, 3.63) is 24.8 Å². The summed E-state index contributed by atoms with van der Waals surface area (Å²) >= 11 is 0. The van der Waals surface area contributed by atoms with Crippen LogP contribution in [0.1, 0.15) is 6.92 Å².